The average Bonchev–Trinajstić information content (AvgIpc) is 1.90. The molecule has 0 aliphatic rings. The van der Waals surface area contributed by atoms with E-state index in [0.29, 0.717) is 5.75 Å². The maximum atomic E-state index is 4.85. The Morgan fingerprint density at radius 3 is 2.12 bits per heavy atom. The summed E-state index contributed by atoms with van der Waals surface area (Å²) in [6, 6.07) is 9.22. The number of para-hydroxylation sites is 1. The third-order valence-corrected chi connectivity index (χ3v) is 0.879. The third-order valence-electron chi connectivity index (χ3n) is 0.879. The van der Waals surface area contributed by atoms with Crippen molar-refractivity contribution in [3.63, 3.8) is 0 Å². The lowest BCUT2D eigenvalue weighted by atomic mass is 10.3. The topological polar surface area (TPSA) is 9.23 Å². The van der Waals surface area contributed by atoms with Gasteiger partial charge in [0.1, 0.15) is 5.75 Å². The van der Waals surface area contributed by atoms with Crippen molar-refractivity contribution in [1.82, 2.24) is 0 Å². The minimum Gasteiger partial charge on any atom is -0.482 e. The molecule has 1 aromatic carbocycles. The summed E-state index contributed by atoms with van der Waals surface area (Å²) >= 11 is 0. The largest absolute Gasteiger partial charge is 0.482 e. The first-order valence-electron chi connectivity index (χ1n) is 2.35. The lowest BCUT2D eigenvalue weighted by molar-refractivity contribution is 0.473. The third kappa shape index (κ3) is 0.997. The smallest absolute Gasteiger partial charge is 0.180 e. The first-order chi connectivity index (χ1) is 3.93. The van der Waals surface area contributed by atoms with Crippen molar-refractivity contribution in [2.45, 2.75) is 0 Å². The van der Waals surface area contributed by atoms with Crippen LogP contribution in [0, 0.1) is 7.11 Å². The van der Waals surface area contributed by atoms with Gasteiger partial charge in [0.25, 0.3) is 0 Å². The SMILES string of the molecule is [CH]Oc1ccccc1. The van der Waals surface area contributed by atoms with Crippen molar-refractivity contribution in [3.05, 3.63) is 37.4 Å². The normalized spacial score (nSPS) is 8.62. The number of rotatable bonds is 1. The minimum absolute atomic E-state index is 0.688. The second-order valence-corrected chi connectivity index (χ2v) is 1.43. The second-order valence-electron chi connectivity index (χ2n) is 1.43. The quantitative estimate of drug-likeness (QED) is 0.529. The molecular formula is C7H6O. The van der Waals surface area contributed by atoms with Gasteiger partial charge in [-0.25, -0.2) is 0 Å². The fourth-order valence-corrected chi connectivity index (χ4v) is 0.499. The van der Waals surface area contributed by atoms with E-state index in [0.717, 1.165) is 0 Å². The molecule has 0 unspecified atom stereocenters. The van der Waals surface area contributed by atoms with Gasteiger partial charge in [0.15, 0.2) is 7.11 Å². The van der Waals surface area contributed by atoms with Crippen LogP contribution < -0.4 is 4.74 Å². The van der Waals surface area contributed by atoms with Gasteiger partial charge < -0.3 is 4.74 Å². The summed E-state index contributed by atoms with van der Waals surface area (Å²) in [7, 11) is 4.85. The highest BCUT2D eigenvalue weighted by Crippen LogP contribution is 2.06. The maximum Gasteiger partial charge on any atom is 0.180 e. The lowest BCUT2D eigenvalue weighted by Crippen LogP contribution is -1.74. The Kier molecular flexibility index (Phi) is 1.52. The van der Waals surface area contributed by atoms with Gasteiger partial charge in [0, 0.05) is 0 Å². The molecule has 1 aromatic rings. The zero-order valence-corrected chi connectivity index (χ0v) is 4.37. The molecule has 0 amide bonds. The zero-order chi connectivity index (χ0) is 5.82. The first kappa shape index (κ1) is 5.16. The van der Waals surface area contributed by atoms with Crippen LogP contribution in [0.5, 0.6) is 5.75 Å². The van der Waals surface area contributed by atoms with Gasteiger partial charge in [-0.2, -0.15) is 0 Å². The van der Waals surface area contributed by atoms with Gasteiger partial charge in [-0.1, -0.05) is 18.2 Å². The molecular weight excluding hydrogens is 100 g/mol. The van der Waals surface area contributed by atoms with E-state index in [-0.39, 0.29) is 0 Å². The molecule has 0 fully saturated rings. The molecule has 1 nitrogen and oxygen atoms in total. The predicted octanol–water partition coefficient (Wildman–Crippen LogP) is 1.73. The highest BCUT2D eigenvalue weighted by molar-refractivity contribution is 5.20. The van der Waals surface area contributed by atoms with E-state index in [1.165, 1.54) is 0 Å². The van der Waals surface area contributed by atoms with Crippen LogP contribution in [0.4, 0.5) is 0 Å². The van der Waals surface area contributed by atoms with Crippen molar-refractivity contribution in [3.8, 4) is 5.75 Å². The standard InChI is InChI=1S/C7H6O/c1-8-7-5-3-2-4-6-7/h1-6H. The van der Waals surface area contributed by atoms with Crippen molar-refractivity contribution in [2.75, 3.05) is 0 Å². The molecule has 0 spiro atoms. The van der Waals surface area contributed by atoms with Crippen LogP contribution >= 0.6 is 0 Å². The predicted molar refractivity (Wildman–Crippen MR) is 31.4 cm³/mol. The molecule has 0 N–H and O–H groups in total. The first-order valence-corrected chi connectivity index (χ1v) is 2.35. The minimum atomic E-state index is 0.688. The Labute approximate surface area is 48.9 Å². The van der Waals surface area contributed by atoms with E-state index >= 15 is 0 Å². The van der Waals surface area contributed by atoms with Crippen molar-refractivity contribution in [2.24, 2.45) is 0 Å². The molecule has 2 radical (unpaired) electrons. The molecule has 40 valence electrons. The van der Waals surface area contributed by atoms with Gasteiger partial charge in [-0.15, -0.1) is 0 Å². The van der Waals surface area contributed by atoms with Crippen LogP contribution in [0.15, 0.2) is 30.3 Å². The molecule has 0 aromatic heterocycles. The Hall–Kier alpha value is -0.980. The summed E-state index contributed by atoms with van der Waals surface area (Å²) in [4.78, 5) is 0. The molecule has 8 heavy (non-hydrogen) atoms. The number of ether oxygens (including phenoxy) is 1. The van der Waals surface area contributed by atoms with Crippen LogP contribution in [0.1, 0.15) is 0 Å². The lowest BCUT2D eigenvalue weighted by Gasteiger charge is -1.92. The summed E-state index contributed by atoms with van der Waals surface area (Å²) in [5.74, 6) is 0.688. The Morgan fingerprint density at radius 2 is 1.75 bits per heavy atom. The summed E-state index contributed by atoms with van der Waals surface area (Å²) in [6.07, 6.45) is 0. The number of hydrogen-bond donors (Lipinski definition) is 0. The molecule has 1 heteroatoms. The fourth-order valence-electron chi connectivity index (χ4n) is 0.499. The van der Waals surface area contributed by atoms with Crippen LogP contribution in [-0.2, 0) is 0 Å². The van der Waals surface area contributed by atoms with Crippen LogP contribution in [0.3, 0.4) is 0 Å². The Balaban J connectivity index is 2.83. The van der Waals surface area contributed by atoms with E-state index in [2.05, 4.69) is 4.74 Å². The van der Waals surface area contributed by atoms with Gasteiger partial charge in [-0.05, 0) is 12.1 Å². The second kappa shape index (κ2) is 2.36. The van der Waals surface area contributed by atoms with Gasteiger partial charge in [0.2, 0.25) is 0 Å². The Morgan fingerprint density at radius 1 is 1.12 bits per heavy atom. The van der Waals surface area contributed by atoms with E-state index in [1.807, 2.05) is 18.2 Å². The molecule has 0 heterocycles. The van der Waals surface area contributed by atoms with Gasteiger partial charge in [0.05, 0.1) is 0 Å². The summed E-state index contributed by atoms with van der Waals surface area (Å²) in [6.45, 7) is 0. The fraction of sp³-hybridized carbons (Fsp3) is 0. The summed E-state index contributed by atoms with van der Waals surface area (Å²) in [5.41, 5.74) is 0. The number of benzene rings is 1. The van der Waals surface area contributed by atoms with Crippen LogP contribution in [0.2, 0.25) is 0 Å². The van der Waals surface area contributed by atoms with Crippen molar-refractivity contribution in [1.29, 1.82) is 0 Å². The number of hydrogen-bond acceptors (Lipinski definition) is 1. The summed E-state index contributed by atoms with van der Waals surface area (Å²) in [5, 5.41) is 0. The molecule has 0 saturated heterocycles. The maximum absolute atomic E-state index is 4.85. The highest BCUT2D eigenvalue weighted by Gasteiger charge is 1.80. The van der Waals surface area contributed by atoms with E-state index in [9.17, 15) is 0 Å². The van der Waals surface area contributed by atoms with E-state index in [1.54, 1.807) is 12.1 Å². The highest BCUT2D eigenvalue weighted by atomic mass is 16.5. The molecule has 0 aliphatic heterocycles. The molecule has 0 aliphatic carbocycles. The van der Waals surface area contributed by atoms with E-state index in [4.69, 9.17) is 7.11 Å². The zero-order valence-electron chi connectivity index (χ0n) is 4.37. The monoisotopic (exact) mass is 106 g/mol. The molecule has 0 atom stereocenters. The van der Waals surface area contributed by atoms with Crippen molar-refractivity contribution < 1.29 is 4.74 Å². The molecule has 1 rings (SSSR count). The van der Waals surface area contributed by atoms with Gasteiger partial charge in [-0.3, -0.25) is 0 Å². The molecule has 0 saturated carbocycles. The summed E-state index contributed by atoms with van der Waals surface area (Å²) < 4.78 is 4.41. The molecule has 0 bridgehead atoms. The van der Waals surface area contributed by atoms with Crippen LogP contribution in [-0.4, -0.2) is 0 Å². The van der Waals surface area contributed by atoms with Crippen molar-refractivity contribution >= 4 is 0 Å². The van der Waals surface area contributed by atoms with Gasteiger partial charge >= 0.3 is 0 Å². The average molecular weight is 106 g/mol. The Bertz CT molecular complexity index is 146. The van der Waals surface area contributed by atoms with E-state index < -0.39 is 0 Å². The van der Waals surface area contributed by atoms with Crippen LogP contribution in [0.25, 0.3) is 0 Å².